The van der Waals surface area contributed by atoms with Gasteiger partial charge in [0.1, 0.15) is 0 Å². The van der Waals surface area contributed by atoms with Crippen molar-refractivity contribution in [3.05, 3.63) is 22.7 Å². The Morgan fingerprint density at radius 2 is 1.90 bits per heavy atom. The van der Waals surface area contributed by atoms with E-state index in [0.29, 0.717) is 28.1 Å². The first kappa shape index (κ1) is 16.6. The zero-order chi connectivity index (χ0) is 15.8. The van der Waals surface area contributed by atoms with Crippen molar-refractivity contribution in [2.45, 2.75) is 51.0 Å². The first-order chi connectivity index (χ1) is 9.70. The number of nitrogens with one attached hydrogen (secondary N) is 1. The van der Waals surface area contributed by atoms with Crippen LogP contribution in [-0.2, 0) is 10.0 Å². The summed E-state index contributed by atoms with van der Waals surface area (Å²) < 4.78 is 27.8. The van der Waals surface area contributed by atoms with Gasteiger partial charge < -0.3 is 5.73 Å². The standard InChI is InChI=1S/C15H23ClN2O2S/c1-9-4-5-12(6-10(9)2)18-21(19,20)13-7-11(3)15(16)14(17)8-13/h7-10,12,18H,4-6,17H2,1-3H3. The van der Waals surface area contributed by atoms with E-state index >= 15 is 0 Å². The van der Waals surface area contributed by atoms with Gasteiger partial charge >= 0.3 is 0 Å². The predicted molar refractivity (Wildman–Crippen MR) is 86.9 cm³/mol. The van der Waals surface area contributed by atoms with E-state index < -0.39 is 10.0 Å². The van der Waals surface area contributed by atoms with E-state index in [1.807, 2.05) is 0 Å². The first-order valence-corrected chi connectivity index (χ1v) is 9.14. The number of halogens is 1. The van der Waals surface area contributed by atoms with Crippen molar-refractivity contribution < 1.29 is 8.42 Å². The molecule has 1 aliphatic carbocycles. The topological polar surface area (TPSA) is 72.2 Å². The molecular weight excluding hydrogens is 308 g/mol. The summed E-state index contributed by atoms with van der Waals surface area (Å²) in [6.45, 7) is 6.15. The maximum Gasteiger partial charge on any atom is 0.240 e. The summed E-state index contributed by atoms with van der Waals surface area (Å²) in [4.78, 5) is 0.188. The van der Waals surface area contributed by atoms with Gasteiger partial charge in [0, 0.05) is 6.04 Å². The van der Waals surface area contributed by atoms with Crippen molar-refractivity contribution in [1.29, 1.82) is 0 Å². The Morgan fingerprint density at radius 1 is 1.24 bits per heavy atom. The highest BCUT2D eigenvalue weighted by atomic mass is 35.5. The maximum absolute atomic E-state index is 12.5. The fraction of sp³-hybridized carbons (Fsp3) is 0.600. The third-order valence-corrected chi connectivity index (χ3v) is 6.50. The monoisotopic (exact) mass is 330 g/mol. The normalized spacial score (nSPS) is 26.8. The Bertz CT molecular complexity index is 608. The number of rotatable bonds is 3. The molecule has 4 nitrogen and oxygen atoms in total. The summed E-state index contributed by atoms with van der Waals surface area (Å²) in [6.07, 6.45) is 2.81. The molecule has 0 heterocycles. The van der Waals surface area contributed by atoms with Gasteiger partial charge in [-0.25, -0.2) is 13.1 Å². The molecule has 1 aromatic rings. The number of sulfonamides is 1. The Labute approximate surface area is 132 Å². The molecular formula is C15H23ClN2O2S. The molecule has 2 rings (SSSR count). The van der Waals surface area contributed by atoms with E-state index in [1.54, 1.807) is 13.0 Å². The Balaban J connectivity index is 2.19. The van der Waals surface area contributed by atoms with Gasteiger partial charge in [-0.1, -0.05) is 25.4 Å². The van der Waals surface area contributed by atoms with E-state index in [0.717, 1.165) is 19.3 Å². The van der Waals surface area contributed by atoms with E-state index in [9.17, 15) is 8.42 Å². The minimum absolute atomic E-state index is 0.00147. The molecule has 0 spiro atoms. The smallest absolute Gasteiger partial charge is 0.240 e. The minimum atomic E-state index is -3.55. The largest absolute Gasteiger partial charge is 0.397 e. The Morgan fingerprint density at radius 3 is 2.48 bits per heavy atom. The van der Waals surface area contributed by atoms with Gasteiger partial charge in [-0.3, -0.25) is 0 Å². The van der Waals surface area contributed by atoms with Crippen LogP contribution in [0.1, 0.15) is 38.7 Å². The molecule has 3 unspecified atom stereocenters. The molecule has 0 amide bonds. The molecule has 0 aromatic heterocycles. The number of hydrogen-bond donors (Lipinski definition) is 2. The van der Waals surface area contributed by atoms with Gasteiger partial charge in [0.2, 0.25) is 10.0 Å². The molecule has 3 atom stereocenters. The molecule has 0 radical (unpaired) electrons. The van der Waals surface area contributed by atoms with E-state index in [4.69, 9.17) is 17.3 Å². The lowest BCUT2D eigenvalue weighted by Crippen LogP contribution is -2.39. The van der Waals surface area contributed by atoms with Crippen molar-refractivity contribution in [2.75, 3.05) is 5.73 Å². The Kier molecular flexibility index (Phi) is 4.85. The van der Waals surface area contributed by atoms with Crippen molar-refractivity contribution in [3.63, 3.8) is 0 Å². The Hall–Kier alpha value is -0.780. The molecule has 1 saturated carbocycles. The van der Waals surface area contributed by atoms with Gasteiger partial charge in [0.15, 0.2) is 0 Å². The fourth-order valence-electron chi connectivity index (χ4n) is 2.86. The van der Waals surface area contributed by atoms with Gasteiger partial charge in [0.05, 0.1) is 15.6 Å². The lowest BCUT2D eigenvalue weighted by molar-refractivity contribution is 0.242. The third-order valence-electron chi connectivity index (χ3n) is 4.49. The molecule has 3 N–H and O–H groups in total. The lowest BCUT2D eigenvalue weighted by atomic mass is 9.79. The average Bonchev–Trinajstić information content (AvgIpc) is 2.39. The zero-order valence-electron chi connectivity index (χ0n) is 12.7. The summed E-state index contributed by atoms with van der Waals surface area (Å²) >= 11 is 5.99. The first-order valence-electron chi connectivity index (χ1n) is 7.28. The average molecular weight is 331 g/mol. The molecule has 0 saturated heterocycles. The van der Waals surface area contributed by atoms with Gasteiger partial charge in [-0.2, -0.15) is 0 Å². The van der Waals surface area contributed by atoms with Gasteiger partial charge in [0.25, 0.3) is 0 Å². The van der Waals surface area contributed by atoms with E-state index in [1.165, 1.54) is 6.07 Å². The molecule has 21 heavy (non-hydrogen) atoms. The van der Waals surface area contributed by atoms with Crippen LogP contribution in [0, 0.1) is 18.8 Å². The molecule has 118 valence electrons. The van der Waals surface area contributed by atoms with Crippen molar-refractivity contribution in [3.8, 4) is 0 Å². The molecule has 1 aliphatic rings. The number of nitrogen functional groups attached to an aromatic ring is 1. The van der Waals surface area contributed by atoms with Crippen LogP contribution < -0.4 is 10.5 Å². The molecule has 6 heteroatoms. The van der Waals surface area contributed by atoms with E-state index in [2.05, 4.69) is 18.6 Å². The highest BCUT2D eigenvalue weighted by Crippen LogP contribution is 2.31. The second-order valence-corrected chi connectivity index (χ2v) is 8.32. The maximum atomic E-state index is 12.5. The summed E-state index contributed by atoms with van der Waals surface area (Å²) in [7, 11) is -3.55. The number of aryl methyl sites for hydroxylation is 1. The summed E-state index contributed by atoms with van der Waals surface area (Å²) in [5, 5.41) is 0.411. The molecule has 0 aliphatic heterocycles. The quantitative estimate of drug-likeness (QED) is 0.835. The van der Waals surface area contributed by atoms with Crippen LogP contribution >= 0.6 is 11.6 Å². The van der Waals surface area contributed by atoms with Gasteiger partial charge in [-0.05, 0) is 55.7 Å². The molecule has 0 bridgehead atoms. The van der Waals surface area contributed by atoms with Crippen LogP contribution in [0.3, 0.4) is 0 Å². The highest BCUT2D eigenvalue weighted by molar-refractivity contribution is 7.89. The van der Waals surface area contributed by atoms with Crippen LogP contribution in [-0.4, -0.2) is 14.5 Å². The summed E-state index contributed by atoms with van der Waals surface area (Å²) in [5.74, 6) is 1.18. The lowest BCUT2D eigenvalue weighted by Gasteiger charge is -2.32. The van der Waals surface area contributed by atoms with Gasteiger partial charge in [-0.15, -0.1) is 0 Å². The number of hydrogen-bond acceptors (Lipinski definition) is 3. The summed E-state index contributed by atoms with van der Waals surface area (Å²) in [5.41, 5.74) is 6.73. The van der Waals surface area contributed by atoms with Crippen molar-refractivity contribution >= 4 is 27.3 Å². The molecule has 1 fully saturated rings. The minimum Gasteiger partial charge on any atom is -0.397 e. The number of nitrogens with two attached hydrogens (primary N) is 1. The zero-order valence-corrected chi connectivity index (χ0v) is 14.3. The number of anilines is 1. The summed E-state index contributed by atoms with van der Waals surface area (Å²) in [6, 6.07) is 2.99. The predicted octanol–water partition coefficient (Wildman–Crippen LogP) is 3.33. The van der Waals surface area contributed by atoms with Crippen LogP contribution in [0.15, 0.2) is 17.0 Å². The molecule has 1 aromatic carbocycles. The third kappa shape index (κ3) is 3.71. The van der Waals surface area contributed by atoms with Crippen LogP contribution in [0.5, 0.6) is 0 Å². The van der Waals surface area contributed by atoms with E-state index in [-0.39, 0.29) is 10.9 Å². The van der Waals surface area contributed by atoms with Crippen LogP contribution in [0.25, 0.3) is 0 Å². The fourth-order valence-corrected chi connectivity index (χ4v) is 4.37. The van der Waals surface area contributed by atoms with Crippen molar-refractivity contribution in [2.24, 2.45) is 11.8 Å². The number of benzene rings is 1. The van der Waals surface area contributed by atoms with Crippen molar-refractivity contribution in [1.82, 2.24) is 4.72 Å². The second kappa shape index (κ2) is 6.15. The SMILES string of the molecule is Cc1cc(S(=O)(=O)NC2CCC(C)C(C)C2)cc(N)c1Cl. The van der Waals surface area contributed by atoms with Crippen LogP contribution in [0.4, 0.5) is 5.69 Å². The van der Waals surface area contributed by atoms with Crippen LogP contribution in [0.2, 0.25) is 5.02 Å². The highest BCUT2D eigenvalue weighted by Gasteiger charge is 2.28. The second-order valence-electron chi connectivity index (χ2n) is 6.23.